The van der Waals surface area contributed by atoms with E-state index in [9.17, 15) is 4.79 Å². The molecule has 76 valence electrons. The second kappa shape index (κ2) is 4.45. The molecule has 1 N–H and O–H groups in total. The molecule has 0 spiro atoms. The summed E-state index contributed by atoms with van der Waals surface area (Å²) in [6.45, 7) is 0. The van der Waals surface area contributed by atoms with Crippen LogP contribution in [0.3, 0.4) is 0 Å². The van der Waals surface area contributed by atoms with Gasteiger partial charge in [0.05, 0.1) is 18.1 Å². The lowest BCUT2D eigenvalue weighted by molar-refractivity contribution is 0.102. The Balaban J connectivity index is 2.11. The van der Waals surface area contributed by atoms with Gasteiger partial charge in [-0.3, -0.25) is 4.79 Å². The van der Waals surface area contributed by atoms with E-state index in [1.54, 1.807) is 5.38 Å². The van der Waals surface area contributed by atoms with E-state index in [0.717, 1.165) is 0 Å². The Hall–Kier alpha value is -1.34. The molecule has 0 radical (unpaired) electrons. The first-order valence-electron chi connectivity index (χ1n) is 3.93. The fourth-order valence-corrected chi connectivity index (χ4v) is 1.91. The molecule has 2 heterocycles. The summed E-state index contributed by atoms with van der Waals surface area (Å²) >= 11 is 4.55. The van der Waals surface area contributed by atoms with Crippen molar-refractivity contribution >= 4 is 38.9 Å². The topological polar surface area (TPSA) is 67.8 Å². The molecule has 0 atom stereocenters. The minimum atomic E-state index is -0.272. The maximum absolute atomic E-state index is 11.6. The third kappa shape index (κ3) is 2.57. The first kappa shape index (κ1) is 10.2. The number of rotatable bonds is 2. The molecule has 0 aliphatic heterocycles. The van der Waals surface area contributed by atoms with Gasteiger partial charge in [-0.1, -0.05) is 0 Å². The third-order valence-corrected chi connectivity index (χ3v) is 2.89. The minimum absolute atomic E-state index is 0.272. The highest BCUT2D eigenvalue weighted by Crippen LogP contribution is 2.16. The lowest BCUT2D eigenvalue weighted by atomic mass is 10.4. The van der Waals surface area contributed by atoms with Crippen LogP contribution in [0.2, 0.25) is 0 Å². The minimum Gasteiger partial charge on any atom is -0.318 e. The van der Waals surface area contributed by atoms with E-state index >= 15 is 0 Å². The molecular weight excluding hydrogens is 280 g/mol. The number of thiazole rings is 1. The molecule has 2 aromatic heterocycles. The van der Waals surface area contributed by atoms with Gasteiger partial charge in [-0.15, -0.1) is 11.3 Å². The predicted molar refractivity (Wildman–Crippen MR) is 59.8 cm³/mol. The van der Waals surface area contributed by atoms with Crippen LogP contribution in [0.4, 0.5) is 5.69 Å². The van der Waals surface area contributed by atoms with Crippen molar-refractivity contribution in [2.24, 2.45) is 0 Å². The Morgan fingerprint density at radius 3 is 2.73 bits per heavy atom. The zero-order chi connectivity index (χ0) is 10.7. The normalized spacial score (nSPS) is 9.93. The number of amides is 1. The van der Waals surface area contributed by atoms with Crippen molar-refractivity contribution in [1.29, 1.82) is 0 Å². The first-order chi connectivity index (χ1) is 7.25. The fraction of sp³-hybridized carbons (Fsp3) is 0. The van der Waals surface area contributed by atoms with Gasteiger partial charge >= 0.3 is 0 Å². The summed E-state index contributed by atoms with van der Waals surface area (Å²) in [5.74, 6) is -0.272. The highest BCUT2D eigenvalue weighted by Gasteiger charge is 2.09. The lowest BCUT2D eigenvalue weighted by Gasteiger charge is -2.00. The summed E-state index contributed by atoms with van der Waals surface area (Å²) in [6, 6.07) is 0. The van der Waals surface area contributed by atoms with E-state index in [4.69, 9.17) is 0 Å². The second-order valence-electron chi connectivity index (χ2n) is 2.57. The highest BCUT2D eigenvalue weighted by molar-refractivity contribution is 9.11. The summed E-state index contributed by atoms with van der Waals surface area (Å²) in [6.07, 6.45) is 4.44. The largest absolute Gasteiger partial charge is 0.318 e. The van der Waals surface area contributed by atoms with E-state index < -0.39 is 0 Å². The Labute approximate surface area is 97.7 Å². The smallest absolute Gasteiger partial charge is 0.275 e. The van der Waals surface area contributed by atoms with E-state index in [0.29, 0.717) is 15.3 Å². The average Bonchev–Trinajstić information content (AvgIpc) is 2.66. The maximum atomic E-state index is 11.6. The second-order valence-corrected chi connectivity index (χ2v) is 4.70. The quantitative estimate of drug-likeness (QED) is 0.915. The monoisotopic (exact) mass is 284 g/mol. The van der Waals surface area contributed by atoms with Gasteiger partial charge in [-0.2, -0.15) is 0 Å². The number of anilines is 1. The summed E-state index contributed by atoms with van der Waals surface area (Å²) in [7, 11) is 0. The van der Waals surface area contributed by atoms with Gasteiger partial charge in [0.1, 0.15) is 12.0 Å². The van der Waals surface area contributed by atoms with Crippen LogP contribution in [0.25, 0.3) is 0 Å². The van der Waals surface area contributed by atoms with Gasteiger partial charge in [0, 0.05) is 5.38 Å². The van der Waals surface area contributed by atoms with E-state index in [2.05, 4.69) is 36.2 Å². The van der Waals surface area contributed by atoms with Crippen molar-refractivity contribution in [3.63, 3.8) is 0 Å². The molecule has 0 aromatic carbocycles. The molecule has 7 heteroatoms. The molecule has 0 saturated heterocycles. The number of carbonyl (C=O) groups is 1. The van der Waals surface area contributed by atoms with Crippen LogP contribution in [-0.2, 0) is 0 Å². The Morgan fingerprint density at radius 1 is 1.40 bits per heavy atom. The van der Waals surface area contributed by atoms with Crippen molar-refractivity contribution in [2.75, 3.05) is 5.32 Å². The van der Waals surface area contributed by atoms with Crippen molar-refractivity contribution < 1.29 is 4.79 Å². The Morgan fingerprint density at radius 2 is 2.13 bits per heavy atom. The van der Waals surface area contributed by atoms with Crippen LogP contribution >= 0.6 is 27.3 Å². The van der Waals surface area contributed by atoms with Crippen LogP contribution in [-0.4, -0.2) is 20.9 Å². The van der Waals surface area contributed by atoms with Gasteiger partial charge in [-0.05, 0) is 15.9 Å². The number of hydrogen-bond donors (Lipinski definition) is 1. The van der Waals surface area contributed by atoms with Crippen LogP contribution in [0, 0.1) is 0 Å². The zero-order valence-electron chi connectivity index (χ0n) is 7.35. The van der Waals surface area contributed by atoms with Crippen LogP contribution in [0.15, 0.2) is 28.0 Å². The van der Waals surface area contributed by atoms with Crippen LogP contribution in [0.5, 0.6) is 0 Å². The van der Waals surface area contributed by atoms with Gasteiger partial charge in [0.15, 0.2) is 3.92 Å². The molecular formula is C8H5BrN4OS. The molecule has 5 nitrogen and oxygen atoms in total. The molecule has 0 bridgehead atoms. The Kier molecular flexibility index (Phi) is 3.02. The SMILES string of the molecule is O=C(Nc1cncnc1)c1csc(Br)n1. The van der Waals surface area contributed by atoms with Gasteiger partial charge in [0.2, 0.25) is 0 Å². The molecule has 0 aliphatic carbocycles. The summed E-state index contributed by atoms with van der Waals surface area (Å²) in [5.41, 5.74) is 0.919. The number of carbonyl (C=O) groups excluding carboxylic acids is 1. The van der Waals surface area contributed by atoms with Gasteiger partial charge < -0.3 is 5.32 Å². The molecule has 2 rings (SSSR count). The standard InChI is InChI=1S/C8H5BrN4OS/c9-8-13-6(3-15-8)7(14)12-5-1-10-4-11-2-5/h1-4H,(H,12,14). The lowest BCUT2D eigenvalue weighted by Crippen LogP contribution is -2.12. The molecule has 0 unspecified atom stereocenters. The molecule has 2 aromatic rings. The molecule has 0 aliphatic rings. The molecule has 0 fully saturated rings. The molecule has 0 saturated carbocycles. The average molecular weight is 285 g/mol. The summed E-state index contributed by atoms with van der Waals surface area (Å²) in [5, 5.41) is 4.30. The molecule has 1 amide bonds. The third-order valence-electron chi connectivity index (χ3n) is 1.53. The van der Waals surface area contributed by atoms with E-state index in [1.807, 2.05) is 0 Å². The predicted octanol–water partition coefficient (Wildman–Crippen LogP) is 1.95. The highest BCUT2D eigenvalue weighted by atomic mass is 79.9. The van der Waals surface area contributed by atoms with Gasteiger partial charge in [-0.25, -0.2) is 15.0 Å². The van der Waals surface area contributed by atoms with Crippen molar-refractivity contribution in [3.05, 3.63) is 33.7 Å². The van der Waals surface area contributed by atoms with E-state index in [1.165, 1.54) is 30.1 Å². The number of halogens is 1. The van der Waals surface area contributed by atoms with Crippen molar-refractivity contribution in [1.82, 2.24) is 15.0 Å². The number of aromatic nitrogens is 3. The fourth-order valence-electron chi connectivity index (χ4n) is 0.915. The van der Waals surface area contributed by atoms with E-state index in [-0.39, 0.29) is 5.91 Å². The van der Waals surface area contributed by atoms with Crippen LogP contribution < -0.4 is 5.32 Å². The maximum Gasteiger partial charge on any atom is 0.275 e. The number of nitrogens with one attached hydrogen (secondary N) is 1. The molecule has 15 heavy (non-hydrogen) atoms. The van der Waals surface area contributed by atoms with Gasteiger partial charge in [0.25, 0.3) is 5.91 Å². The summed E-state index contributed by atoms with van der Waals surface area (Å²) in [4.78, 5) is 23.1. The number of hydrogen-bond acceptors (Lipinski definition) is 5. The zero-order valence-corrected chi connectivity index (χ0v) is 9.75. The number of nitrogens with zero attached hydrogens (tertiary/aromatic N) is 3. The van der Waals surface area contributed by atoms with Crippen LogP contribution in [0.1, 0.15) is 10.5 Å². The first-order valence-corrected chi connectivity index (χ1v) is 5.60. The Bertz CT molecular complexity index is 473. The van der Waals surface area contributed by atoms with Crippen molar-refractivity contribution in [2.45, 2.75) is 0 Å². The van der Waals surface area contributed by atoms with Crippen molar-refractivity contribution in [3.8, 4) is 0 Å². The summed E-state index contributed by atoms with van der Waals surface area (Å²) < 4.78 is 0.678.